The Morgan fingerprint density at radius 2 is 1.59 bits per heavy atom. The predicted molar refractivity (Wildman–Crippen MR) is 118 cm³/mol. The second-order valence-corrected chi connectivity index (χ2v) is 9.02. The molecule has 9 heteroatoms. The van der Waals surface area contributed by atoms with E-state index in [1.54, 1.807) is 0 Å². The molecule has 2 unspecified atom stereocenters. The zero-order valence-corrected chi connectivity index (χ0v) is 18.4. The van der Waals surface area contributed by atoms with Crippen molar-refractivity contribution in [3.8, 4) is 11.5 Å². The van der Waals surface area contributed by atoms with Crippen molar-refractivity contribution in [2.75, 3.05) is 10.6 Å². The lowest BCUT2D eigenvalue weighted by molar-refractivity contribution is -0.141. The summed E-state index contributed by atoms with van der Waals surface area (Å²) in [6.45, 7) is 8.27. The van der Waals surface area contributed by atoms with Crippen LogP contribution in [-0.2, 0) is 6.18 Å². The topological polar surface area (TPSA) is 75.6 Å². The van der Waals surface area contributed by atoms with E-state index in [2.05, 4.69) is 51.0 Å². The summed E-state index contributed by atoms with van der Waals surface area (Å²) in [6.07, 6.45) is 1.97. The van der Waals surface area contributed by atoms with Crippen LogP contribution >= 0.6 is 0 Å². The molecule has 0 saturated heterocycles. The van der Waals surface area contributed by atoms with E-state index in [9.17, 15) is 13.2 Å². The first-order valence-corrected chi connectivity index (χ1v) is 11.2. The van der Waals surface area contributed by atoms with Crippen molar-refractivity contribution in [3.63, 3.8) is 0 Å². The first-order valence-electron chi connectivity index (χ1n) is 11.2. The number of nitrogens with zero attached hydrogens (tertiary/aromatic N) is 4. The lowest BCUT2D eigenvalue weighted by atomic mass is 9.82. The number of pyridine rings is 1. The molecule has 2 heterocycles. The van der Waals surface area contributed by atoms with E-state index < -0.39 is 11.9 Å². The van der Waals surface area contributed by atoms with Crippen molar-refractivity contribution < 1.29 is 13.2 Å². The van der Waals surface area contributed by atoms with Gasteiger partial charge in [-0.3, -0.25) is 0 Å². The largest absolute Gasteiger partial charge is 0.433 e. The molecule has 2 saturated carbocycles. The number of nitrogens with one attached hydrogen (secondary N) is 2. The minimum absolute atomic E-state index is 0.0612. The van der Waals surface area contributed by atoms with Crippen LogP contribution in [0, 0.1) is 11.8 Å². The van der Waals surface area contributed by atoms with E-state index >= 15 is 0 Å². The highest BCUT2D eigenvalue weighted by Gasteiger charge is 2.33. The Bertz CT molecular complexity index is 972. The molecule has 2 aliphatic rings. The van der Waals surface area contributed by atoms with Crippen LogP contribution in [0.3, 0.4) is 0 Å². The maximum atomic E-state index is 13.2. The van der Waals surface area contributed by atoms with Crippen LogP contribution in [0.4, 0.5) is 25.1 Å². The lowest BCUT2D eigenvalue weighted by Gasteiger charge is -2.29. The van der Waals surface area contributed by atoms with E-state index in [0.717, 1.165) is 44.6 Å². The van der Waals surface area contributed by atoms with Gasteiger partial charge in [-0.2, -0.15) is 28.1 Å². The number of rotatable bonds is 7. The van der Waals surface area contributed by atoms with Gasteiger partial charge in [0, 0.05) is 12.1 Å². The van der Waals surface area contributed by atoms with E-state index in [4.69, 9.17) is 0 Å². The Kier molecular flexibility index (Phi) is 6.35. The van der Waals surface area contributed by atoms with Crippen molar-refractivity contribution in [3.05, 3.63) is 36.0 Å². The third-order valence-electron chi connectivity index (χ3n) is 6.31. The molecule has 2 aromatic rings. The van der Waals surface area contributed by atoms with Crippen LogP contribution in [0.25, 0.3) is 11.5 Å². The van der Waals surface area contributed by atoms with Crippen LogP contribution in [-0.4, -0.2) is 32.0 Å². The van der Waals surface area contributed by atoms with Crippen molar-refractivity contribution in [2.24, 2.45) is 11.8 Å². The van der Waals surface area contributed by atoms with E-state index in [-0.39, 0.29) is 23.6 Å². The Balaban J connectivity index is 1.62. The summed E-state index contributed by atoms with van der Waals surface area (Å²) in [7, 11) is 0. The van der Waals surface area contributed by atoms with Crippen LogP contribution in [0.15, 0.2) is 30.4 Å². The van der Waals surface area contributed by atoms with Gasteiger partial charge in [0.25, 0.3) is 0 Å². The molecule has 0 aliphatic heterocycles. The molecule has 6 nitrogen and oxygen atoms in total. The van der Waals surface area contributed by atoms with Gasteiger partial charge >= 0.3 is 6.18 Å². The summed E-state index contributed by atoms with van der Waals surface area (Å²) in [5, 5.41) is 6.65. The first kappa shape index (κ1) is 22.5. The van der Waals surface area contributed by atoms with Crippen molar-refractivity contribution in [2.45, 2.75) is 70.6 Å². The molecule has 0 spiro atoms. The van der Waals surface area contributed by atoms with Crippen LogP contribution in [0.2, 0.25) is 0 Å². The lowest BCUT2D eigenvalue weighted by Crippen LogP contribution is -2.29. The van der Waals surface area contributed by atoms with Gasteiger partial charge in [0.1, 0.15) is 11.4 Å². The smallest absolute Gasteiger partial charge is 0.351 e. The molecule has 2 aromatic heterocycles. The van der Waals surface area contributed by atoms with Gasteiger partial charge in [-0.25, -0.2) is 4.98 Å². The van der Waals surface area contributed by atoms with Crippen LogP contribution in [0.1, 0.15) is 58.1 Å². The van der Waals surface area contributed by atoms with Gasteiger partial charge in [-0.15, -0.1) is 0 Å². The molecule has 3 atom stereocenters. The summed E-state index contributed by atoms with van der Waals surface area (Å²) in [5.41, 5.74) is 0.339. The summed E-state index contributed by atoms with van der Waals surface area (Å²) in [5.74, 6) is 1.76. The third kappa shape index (κ3) is 5.55. The highest BCUT2D eigenvalue weighted by Crippen LogP contribution is 2.34. The van der Waals surface area contributed by atoms with Crippen molar-refractivity contribution in [1.29, 1.82) is 0 Å². The van der Waals surface area contributed by atoms with Gasteiger partial charge in [0.05, 0.1) is 0 Å². The number of allylic oxidation sites excluding steroid dienone is 1. The SMILES string of the molecule is C=C1CCCC(C(C)Nc2nc(N[C@H](C)C3CC3)nc(-c3cccc(C(F)(F)F)n3)n2)C1. The zero-order valence-electron chi connectivity index (χ0n) is 18.4. The molecule has 0 bridgehead atoms. The van der Waals surface area contributed by atoms with Gasteiger partial charge in [-0.05, 0) is 76.3 Å². The number of aromatic nitrogens is 4. The normalized spacial score (nSPS) is 21.2. The molecule has 172 valence electrons. The Hall–Kier alpha value is -2.71. The summed E-state index contributed by atoms with van der Waals surface area (Å²) in [6, 6.07) is 4.00. The third-order valence-corrected chi connectivity index (χ3v) is 6.31. The molecule has 32 heavy (non-hydrogen) atoms. The van der Waals surface area contributed by atoms with Crippen LogP contribution < -0.4 is 10.6 Å². The molecular weight excluding hydrogens is 417 g/mol. The Morgan fingerprint density at radius 1 is 0.938 bits per heavy atom. The Labute approximate surface area is 186 Å². The molecule has 0 aromatic carbocycles. The number of hydrogen-bond donors (Lipinski definition) is 2. The number of alkyl halides is 3. The Morgan fingerprint density at radius 3 is 2.19 bits per heavy atom. The molecule has 2 fully saturated rings. The van der Waals surface area contributed by atoms with Crippen LogP contribution in [0.5, 0.6) is 0 Å². The van der Waals surface area contributed by atoms with Gasteiger partial charge in [-0.1, -0.05) is 18.2 Å². The molecule has 2 N–H and O–H groups in total. The second kappa shape index (κ2) is 9.03. The van der Waals surface area contributed by atoms with E-state index in [1.807, 2.05) is 0 Å². The van der Waals surface area contributed by atoms with E-state index in [1.165, 1.54) is 17.7 Å². The highest BCUT2D eigenvalue weighted by molar-refractivity contribution is 5.54. The average molecular weight is 447 g/mol. The quantitative estimate of drug-likeness (QED) is 0.531. The van der Waals surface area contributed by atoms with E-state index in [0.29, 0.717) is 23.7 Å². The summed E-state index contributed by atoms with van der Waals surface area (Å²) < 4.78 is 39.5. The second-order valence-electron chi connectivity index (χ2n) is 9.02. The summed E-state index contributed by atoms with van der Waals surface area (Å²) in [4.78, 5) is 17.1. The van der Waals surface area contributed by atoms with Crippen molar-refractivity contribution in [1.82, 2.24) is 19.9 Å². The number of anilines is 2. The maximum Gasteiger partial charge on any atom is 0.433 e. The monoisotopic (exact) mass is 446 g/mol. The zero-order chi connectivity index (χ0) is 22.9. The van der Waals surface area contributed by atoms with Crippen molar-refractivity contribution >= 4 is 11.9 Å². The fraction of sp³-hybridized carbons (Fsp3) is 0.565. The molecule has 4 rings (SSSR count). The minimum atomic E-state index is -4.54. The number of hydrogen-bond acceptors (Lipinski definition) is 6. The predicted octanol–water partition coefficient (Wildman–Crippen LogP) is 5.71. The molecule has 0 amide bonds. The fourth-order valence-electron chi connectivity index (χ4n) is 4.19. The minimum Gasteiger partial charge on any atom is -0.351 e. The number of halogens is 3. The van der Waals surface area contributed by atoms with Gasteiger partial charge < -0.3 is 10.6 Å². The first-order chi connectivity index (χ1) is 15.2. The average Bonchev–Trinajstić information content (AvgIpc) is 3.58. The van der Waals surface area contributed by atoms with Gasteiger partial charge in [0.2, 0.25) is 11.9 Å². The fourth-order valence-corrected chi connectivity index (χ4v) is 4.19. The molecule has 0 radical (unpaired) electrons. The molecule has 2 aliphatic carbocycles. The standard InChI is InChI=1S/C23H29F3N6/c1-13-6-4-7-17(12-13)15(3)28-22-31-20(18-8-5-9-19(29-18)23(24,25)26)30-21(32-22)27-14(2)16-10-11-16/h5,8-9,14-17H,1,4,6-7,10-12H2,2-3H3,(H2,27,28,30,31,32)/t14-,15?,17?/m1/s1. The molecular formula is C23H29F3N6. The van der Waals surface area contributed by atoms with Gasteiger partial charge in [0.15, 0.2) is 5.82 Å². The summed E-state index contributed by atoms with van der Waals surface area (Å²) >= 11 is 0. The highest BCUT2D eigenvalue weighted by atomic mass is 19.4. The maximum absolute atomic E-state index is 13.2.